The number of aromatic nitrogens is 1. The molecule has 4 rings (SSSR count). The second-order valence-electron chi connectivity index (χ2n) is 8.05. The van der Waals surface area contributed by atoms with Gasteiger partial charge in [0.1, 0.15) is 5.75 Å². The predicted molar refractivity (Wildman–Crippen MR) is 132 cm³/mol. The minimum atomic E-state index is 0.221. The Kier molecular flexibility index (Phi) is 8.34. The van der Waals surface area contributed by atoms with Crippen LogP contribution in [-0.2, 0) is 4.74 Å². The smallest absolute Gasteiger partial charge is 0.120 e. The molecule has 0 radical (unpaired) electrons. The quantitative estimate of drug-likeness (QED) is 0.436. The highest BCUT2D eigenvalue weighted by atomic mass is 32.1. The first kappa shape index (κ1) is 23.0. The molecule has 172 valence electrons. The van der Waals surface area contributed by atoms with E-state index in [1.54, 1.807) is 0 Å². The number of aliphatic hydroxyl groups excluding tert-OH is 1. The average molecular weight is 456 g/mol. The van der Waals surface area contributed by atoms with Gasteiger partial charge >= 0.3 is 0 Å². The van der Waals surface area contributed by atoms with Crippen LogP contribution in [0, 0.1) is 0 Å². The molecule has 1 saturated heterocycles. The molecular weight excluding hydrogens is 422 g/mol. The molecule has 32 heavy (non-hydrogen) atoms. The molecule has 0 amide bonds. The van der Waals surface area contributed by atoms with E-state index in [-0.39, 0.29) is 6.61 Å². The van der Waals surface area contributed by atoms with Crippen LogP contribution in [0.15, 0.2) is 42.5 Å². The van der Waals surface area contributed by atoms with E-state index in [9.17, 15) is 0 Å². The zero-order chi connectivity index (χ0) is 22.2. The van der Waals surface area contributed by atoms with Crippen LogP contribution in [0.5, 0.6) is 5.75 Å². The summed E-state index contributed by atoms with van der Waals surface area (Å²) in [5.74, 6) is 0.901. The van der Waals surface area contributed by atoms with Gasteiger partial charge < -0.3 is 24.4 Å². The minimum Gasteiger partial charge on any atom is -0.494 e. The van der Waals surface area contributed by atoms with Gasteiger partial charge in [0.15, 0.2) is 0 Å². The Morgan fingerprint density at radius 3 is 2.66 bits per heavy atom. The summed E-state index contributed by atoms with van der Waals surface area (Å²) in [6.45, 7) is 9.26. The molecule has 6 nitrogen and oxygen atoms in total. The highest BCUT2D eigenvalue weighted by Crippen LogP contribution is 2.34. The van der Waals surface area contributed by atoms with E-state index in [2.05, 4.69) is 53.1 Å². The third-order valence-corrected chi connectivity index (χ3v) is 6.77. The Morgan fingerprint density at radius 2 is 1.91 bits per heavy atom. The van der Waals surface area contributed by atoms with E-state index < -0.39 is 0 Å². The van der Waals surface area contributed by atoms with Gasteiger partial charge in [-0.15, -0.1) is 0 Å². The van der Waals surface area contributed by atoms with Crippen molar-refractivity contribution in [3.8, 4) is 17.0 Å². The molecule has 1 aliphatic heterocycles. The molecular formula is C25H33N3O3S. The first-order valence-corrected chi connectivity index (χ1v) is 12.3. The number of hydrogen-bond donors (Lipinski definition) is 1. The molecule has 0 aliphatic carbocycles. The Morgan fingerprint density at radius 1 is 1.09 bits per heavy atom. The minimum absolute atomic E-state index is 0.221. The van der Waals surface area contributed by atoms with Crippen LogP contribution in [0.1, 0.15) is 19.8 Å². The molecule has 3 aromatic rings. The zero-order valence-electron chi connectivity index (χ0n) is 18.8. The molecule has 0 unspecified atom stereocenters. The molecule has 0 spiro atoms. The first-order valence-electron chi connectivity index (χ1n) is 11.6. The van der Waals surface area contributed by atoms with Crippen molar-refractivity contribution in [2.45, 2.75) is 19.8 Å². The summed E-state index contributed by atoms with van der Waals surface area (Å²) in [7, 11) is 0. The summed E-state index contributed by atoms with van der Waals surface area (Å²) in [5, 5.41) is 10.2. The maximum Gasteiger partial charge on any atom is 0.120 e. The number of likely N-dealkylation sites (N-methyl/N-ethyl adjacent to an activating group) is 1. The van der Waals surface area contributed by atoms with Crippen LogP contribution >= 0.6 is 11.5 Å². The largest absolute Gasteiger partial charge is 0.494 e. The molecule has 1 aliphatic rings. The summed E-state index contributed by atoms with van der Waals surface area (Å²) in [5.41, 5.74) is 3.42. The van der Waals surface area contributed by atoms with Crippen LogP contribution in [0.2, 0.25) is 0 Å². The molecule has 2 heterocycles. The SMILES string of the molecule is CCN(CCO)CCCCOc1ccc2c(-c3ccc(N4CCOCC4)cc3)nsc2c1. The summed E-state index contributed by atoms with van der Waals surface area (Å²) >= 11 is 1.52. The maximum absolute atomic E-state index is 9.07. The Bertz CT molecular complexity index is 970. The average Bonchev–Trinajstić information content (AvgIpc) is 3.27. The number of rotatable bonds is 11. The van der Waals surface area contributed by atoms with Gasteiger partial charge in [-0.25, -0.2) is 0 Å². The molecule has 2 aromatic carbocycles. The molecule has 0 bridgehead atoms. The van der Waals surface area contributed by atoms with Crippen molar-refractivity contribution in [1.29, 1.82) is 0 Å². The Balaban J connectivity index is 1.33. The maximum atomic E-state index is 9.07. The van der Waals surface area contributed by atoms with Gasteiger partial charge in [0.2, 0.25) is 0 Å². The molecule has 0 atom stereocenters. The van der Waals surface area contributed by atoms with Crippen molar-refractivity contribution in [3.05, 3.63) is 42.5 Å². The van der Waals surface area contributed by atoms with Crippen molar-refractivity contribution < 1.29 is 14.6 Å². The number of ether oxygens (including phenoxy) is 2. The number of benzene rings is 2. The van der Waals surface area contributed by atoms with E-state index >= 15 is 0 Å². The zero-order valence-corrected chi connectivity index (χ0v) is 19.6. The van der Waals surface area contributed by atoms with Gasteiger partial charge in [-0.1, -0.05) is 19.1 Å². The molecule has 1 fully saturated rings. The van der Waals surface area contributed by atoms with Crippen molar-refractivity contribution in [1.82, 2.24) is 9.27 Å². The number of aliphatic hydroxyl groups is 1. The van der Waals surface area contributed by atoms with Gasteiger partial charge in [0, 0.05) is 36.3 Å². The van der Waals surface area contributed by atoms with Gasteiger partial charge in [0.25, 0.3) is 0 Å². The molecule has 1 aromatic heterocycles. The third kappa shape index (κ3) is 5.78. The fraction of sp³-hybridized carbons (Fsp3) is 0.480. The van der Waals surface area contributed by atoms with Gasteiger partial charge in [-0.05, 0) is 67.8 Å². The fourth-order valence-electron chi connectivity index (χ4n) is 4.06. The van der Waals surface area contributed by atoms with E-state index in [1.807, 2.05) is 6.07 Å². The van der Waals surface area contributed by atoms with Crippen molar-refractivity contribution in [3.63, 3.8) is 0 Å². The fourth-order valence-corrected chi connectivity index (χ4v) is 4.89. The second-order valence-corrected chi connectivity index (χ2v) is 8.85. The Hall–Kier alpha value is -2.19. The van der Waals surface area contributed by atoms with E-state index in [0.29, 0.717) is 6.61 Å². The summed E-state index contributed by atoms with van der Waals surface area (Å²) in [6, 6.07) is 15.0. The van der Waals surface area contributed by atoms with Gasteiger partial charge in [-0.2, -0.15) is 4.37 Å². The van der Waals surface area contributed by atoms with E-state index in [1.165, 1.54) is 22.6 Å². The standard InChI is InChI=1S/C25H33N3O3S/c1-2-27(12-15-29)11-3-4-16-31-22-9-10-23-24(19-22)32-26-25(23)20-5-7-21(8-6-20)28-13-17-30-18-14-28/h5-10,19,29H,2-4,11-18H2,1H3. The van der Waals surface area contributed by atoms with Crippen LogP contribution in [0.3, 0.4) is 0 Å². The van der Waals surface area contributed by atoms with Crippen LogP contribution < -0.4 is 9.64 Å². The summed E-state index contributed by atoms with van der Waals surface area (Å²) in [4.78, 5) is 4.63. The number of anilines is 1. The lowest BCUT2D eigenvalue weighted by Gasteiger charge is -2.28. The number of nitrogens with zero attached hydrogens (tertiary/aromatic N) is 3. The second kappa shape index (κ2) is 11.6. The first-order chi connectivity index (χ1) is 15.8. The van der Waals surface area contributed by atoms with Crippen molar-refractivity contribution in [2.75, 3.05) is 64.1 Å². The third-order valence-electron chi connectivity index (χ3n) is 5.96. The van der Waals surface area contributed by atoms with E-state index in [0.717, 1.165) is 80.5 Å². The van der Waals surface area contributed by atoms with Gasteiger partial charge in [-0.3, -0.25) is 0 Å². The molecule has 0 saturated carbocycles. The normalized spacial score (nSPS) is 14.4. The van der Waals surface area contributed by atoms with E-state index in [4.69, 9.17) is 19.0 Å². The number of morpholine rings is 1. The lowest BCUT2D eigenvalue weighted by Crippen LogP contribution is -2.36. The Labute approximate surface area is 194 Å². The summed E-state index contributed by atoms with van der Waals surface area (Å²) < 4.78 is 17.3. The number of hydrogen-bond acceptors (Lipinski definition) is 7. The highest BCUT2D eigenvalue weighted by Gasteiger charge is 2.13. The number of unbranched alkanes of at least 4 members (excludes halogenated alkanes) is 1. The summed E-state index contributed by atoms with van der Waals surface area (Å²) in [6.07, 6.45) is 2.07. The van der Waals surface area contributed by atoms with Gasteiger partial charge in [0.05, 0.1) is 36.8 Å². The highest BCUT2D eigenvalue weighted by molar-refractivity contribution is 7.13. The lowest BCUT2D eigenvalue weighted by atomic mass is 10.1. The lowest BCUT2D eigenvalue weighted by molar-refractivity contribution is 0.122. The van der Waals surface area contributed by atoms with Crippen molar-refractivity contribution >= 4 is 27.3 Å². The van der Waals surface area contributed by atoms with Crippen molar-refractivity contribution in [2.24, 2.45) is 0 Å². The van der Waals surface area contributed by atoms with Crippen LogP contribution in [0.4, 0.5) is 5.69 Å². The monoisotopic (exact) mass is 455 g/mol. The van der Waals surface area contributed by atoms with Crippen LogP contribution in [-0.4, -0.2) is 73.5 Å². The topological polar surface area (TPSA) is 58.1 Å². The number of fused-ring (bicyclic) bond motifs is 1. The van der Waals surface area contributed by atoms with Crippen LogP contribution in [0.25, 0.3) is 21.3 Å². The predicted octanol–water partition coefficient (Wildman–Crippen LogP) is 4.27. The molecule has 1 N–H and O–H groups in total. The molecule has 7 heteroatoms.